The molecule has 2 N–H and O–H groups in total. The number of aliphatic imine (C=N–C) groups is 1. The van der Waals surface area contributed by atoms with Gasteiger partial charge in [0, 0.05) is 46.2 Å². The van der Waals surface area contributed by atoms with Crippen LogP contribution in [0.4, 0.5) is 43.7 Å². The number of methoxy groups -OCH3 is 1. The van der Waals surface area contributed by atoms with Crippen LogP contribution in [0, 0.1) is 47.8 Å². The van der Waals surface area contributed by atoms with Crippen LogP contribution in [0.25, 0.3) is 0 Å². The second-order valence-electron chi connectivity index (χ2n) is 22.5. The number of isocyanates is 1. The van der Waals surface area contributed by atoms with Crippen LogP contribution in [-0.4, -0.2) is 58.9 Å². The zero-order chi connectivity index (χ0) is 65.8. The van der Waals surface area contributed by atoms with Gasteiger partial charge in [0.15, 0.2) is 5.72 Å². The van der Waals surface area contributed by atoms with Crippen LogP contribution in [0.1, 0.15) is 91.2 Å². The summed E-state index contributed by atoms with van der Waals surface area (Å²) in [5.41, 5.74) is 4.95. The summed E-state index contributed by atoms with van der Waals surface area (Å²) in [5, 5.41) is 42.6. The molecule has 13 rings (SSSR count). The average Bonchev–Trinajstić information content (AvgIpc) is 1.51. The normalized spacial score (nSPS) is 17.2. The van der Waals surface area contributed by atoms with E-state index in [0.29, 0.717) is 76.4 Å². The monoisotopic (exact) mass is 1480 g/mol. The molecule has 3 saturated carbocycles. The number of rotatable bonds is 9. The fraction of sp³-hybridized carbons (Fsp3) is 0.222. The fourth-order valence-corrected chi connectivity index (χ4v) is 13.0. The molecular weight excluding hydrogens is 1420 g/mol. The zero-order valence-electron chi connectivity index (χ0n) is 50.3. The van der Waals surface area contributed by atoms with E-state index in [0.717, 1.165) is 61.2 Å². The van der Waals surface area contributed by atoms with Gasteiger partial charge in [-0.25, -0.2) is 24.1 Å². The second-order valence-corrected chi connectivity index (χ2v) is 26.2. The minimum Gasteiger partial charge on any atom is -0.467 e. The predicted molar refractivity (Wildman–Crippen MR) is 369 cm³/mol. The lowest BCUT2D eigenvalue weighted by atomic mass is 9.66. The number of nitrogens with zero attached hydrogens (tertiary/aromatic N) is 8. The molecule has 16 nitrogen and oxygen atoms in total. The van der Waals surface area contributed by atoms with E-state index in [-0.39, 0.29) is 23.9 Å². The van der Waals surface area contributed by atoms with Gasteiger partial charge in [0.2, 0.25) is 6.08 Å². The second kappa shape index (κ2) is 29.5. The van der Waals surface area contributed by atoms with E-state index in [4.69, 9.17) is 15.3 Å². The molecule has 20 heteroatoms. The van der Waals surface area contributed by atoms with E-state index in [1.165, 1.54) is 28.6 Å². The summed E-state index contributed by atoms with van der Waals surface area (Å²) >= 11 is 13.4. The van der Waals surface area contributed by atoms with Crippen molar-refractivity contribution in [3.63, 3.8) is 0 Å². The molecule has 0 aromatic heterocycles. The summed E-state index contributed by atoms with van der Waals surface area (Å²) in [6.45, 7) is 4.06. The van der Waals surface area contributed by atoms with Crippen LogP contribution < -0.4 is 24.9 Å². The number of carbonyl (C=O) groups is 4. The standard InChI is InChI=1S/C26H22BrN3O2.C19H14BrN3O2.C13H14N2O2.C7H4BrNO.C7H7Br/c1-18-4-2-5-20(16-18)26(32)25(14-3-15-25)29(22-10-6-19(17-28)7-11-22)24(31)30(26)23-12-8-21(27)9-13-23;20-14-4-8-15(9-5-14)22-17(24)19(10-1-11-19)23(18(22)25)16-6-2-13(12-21)3-7-16;1-17-12(16)13(7-2-8-13)15-11-5-3-10(9-14)4-6-11;8-6-1-3-7(4-2-6)9-5-10;1-6-3-2-4-7(8)5-6/h2,4-13,16,32H,3,14-15H2,1H3;2-9H,1,10-11H2;3-6,15H,2,7-8H2,1H3;1-4H;2-5H,1H3. The van der Waals surface area contributed by atoms with Crippen molar-refractivity contribution in [2.24, 2.45) is 4.99 Å². The first-order chi connectivity index (χ1) is 44.3. The summed E-state index contributed by atoms with van der Waals surface area (Å²) < 4.78 is 8.73. The number of aliphatic hydroxyl groups is 1. The van der Waals surface area contributed by atoms with E-state index < -0.39 is 22.3 Å². The molecule has 8 aromatic carbocycles. The Balaban J connectivity index is 0.000000148. The molecule has 1 unspecified atom stereocenters. The molecule has 0 radical (unpaired) electrons. The third-order valence-corrected chi connectivity index (χ3v) is 18.9. The number of halogens is 4. The Morgan fingerprint density at radius 2 is 0.978 bits per heavy atom. The molecule has 0 bridgehead atoms. The number of nitrogens with one attached hydrogen (secondary N) is 1. The highest BCUT2D eigenvalue weighted by Crippen LogP contribution is 2.59. The number of aryl methyl sites for hydroxylation is 2. The smallest absolute Gasteiger partial charge is 0.336 e. The van der Waals surface area contributed by atoms with Crippen molar-refractivity contribution in [1.29, 1.82) is 15.8 Å². The van der Waals surface area contributed by atoms with Crippen molar-refractivity contribution in [1.82, 2.24) is 0 Å². The molecule has 2 heterocycles. The fourth-order valence-electron chi connectivity index (χ4n) is 11.7. The first-order valence-electron chi connectivity index (χ1n) is 29.4. The van der Waals surface area contributed by atoms with Gasteiger partial charge < -0.3 is 15.2 Å². The topological polar surface area (TPSA) is 224 Å². The Kier molecular flexibility index (Phi) is 21.6. The predicted octanol–water partition coefficient (Wildman–Crippen LogP) is 17.3. The molecule has 2 aliphatic heterocycles. The third-order valence-electron chi connectivity index (χ3n) is 16.8. The first-order valence-corrected chi connectivity index (χ1v) is 32.5. The van der Waals surface area contributed by atoms with Gasteiger partial charge in [-0.3, -0.25) is 19.5 Å². The Morgan fingerprint density at radius 3 is 1.39 bits per heavy atom. The Morgan fingerprint density at radius 1 is 0.533 bits per heavy atom. The number of urea groups is 2. The third kappa shape index (κ3) is 14.1. The van der Waals surface area contributed by atoms with Gasteiger partial charge in [-0.1, -0.05) is 111 Å². The number of ether oxygens (including phenoxy) is 1. The molecule has 2 spiro atoms. The maximum atomic E-state index is 14.0. The van der Waals surface area contributed by atoms with Crippen LogP contribution in [0.3, 0.4) is 0 Å². The number of anilines is 5. The van der Waals surface area contributed by atoms with E-state index in [1.807, 2.05) is 104 Å². The van der Waals surface area contributed by atoms with E-state index >= 15 is 0 Å². The number of carbonyl (C=O) groups excluding carboxylic acids is 5. The molecule has 2 saturated heterocycles. The number of hydrogen-bond donors (Lipinski definition) is 2. The highest BCUT2D eigenvalue weighted by atomic mass is 79.9. The van der Waals surface area contributed by atoms with Crippen LogP contribution in [0.2, 0.25) is 0 Å². The van der Waals surface area contributed by atoms with Crippen molar-refractivity contribution < 1.29 is 33.8 Å². The summed E-state index contributed by atoms with van der Waals surface area (Å²) in [5.74, 6) is -0.386. The lowest BCUT2D eigenvalue weighted by Crippen LogP contribution is -2.63. The van der Waals surface area contributed by atoms with E-state index in [9.17, 15) is 34.3 Å². The number of esters is 1. The lowest BCUT2D eigenvalue weighted by molar-refractivity contribution is -0.149. The van der Waals surface area contributed by atoms with Gasteiger partial charge >= 0.3 is 18.0 Å². The Bertz CT molecular complexity index is 4160. The minimum atomic E-state index is -1.55. The summed E-state index contributed by atoms with van der Waals surface area (Å²) in [6.07, 6.45) is 8.58. The van der Waals surface area contributed by atoms with Gasteiger partial charge in [-0.15, -0.1) is 0 Å². The molecule has 3 aliphatic carbocycles. The lowest BCUT2D eigenvalue weighted by Gasteiger charge is -2.52. The number of imide groups is 1. The van der Waals surface area contributed by atoms with Crippen LogP contribution in [0.5, 0.6) is 0 Å². The van der Waals surface area contributed by atoms with Crippen molar-refractivity contribution in [3.8, 4) is 18.2 Å². The van der Waals surface area contributed by atoms with Crippen molar-refractivity contribution in [2.75, 3.05) is 32.0 Å². The highest BCUT2D eigenvalue weighted by molar-refractivity contribution is 9.11. The van der Waals surface area contributed by atoms with E-state index in [1.54, 1.807) is 94.7 Å². The summed E-state index contributed by atoms with van der Waals surface area (Å²) in [6, 6.07) is 64.2. The first kappa shape index (κ1) is 67.4. The molecule has 464 valence electrons. The van der Waals surface area contributed by atoms with Crippen molar-refractivity contribution in [2.45, 2.75) is 94.0 Å². The number of hydrogen-bond acceptors (Lipinski definition) is 12. The maximum Gasteiger partial charge on any atom is 0.336 e. The molecule has 8 aromatic rings. The van der Waals surface area contributed by atoms with Gasteiger partial charge in [0.05, 0.1) is 53.4 Å². The quantitative estimate of drug-likeness (QED) is 0.0598. The van der Waals surface area contributed by atoms with Crippen molar-refractivity contribution >= 4 is 128 Å². The molecule has 1 atom stereocenters. The van der Waals surface area contributed by atoms with Gasteiger partial charge in [0.1, 0.15) is 16.6 Å². The minimum absolute atomic E-state index is 0.171. The maximum absolute atomic E-state index is 14.0. The van der Waals surface area contributed by atoms with Crippen molar-refractivity contribution in [3.05, 3.63) is 245 Å². The molecule has 5 amide bonds. The molecule has 92 heavy (non-hydrogen) atoms. The van der Waals surface area contributed by atoms with Gasteiger partial charge in [-0.2, -0.15) is 20.8 Å². The average molecular weight is 1480 g/mol. The number of benzene rings is 8. The zero-order valence-corrected chi connectivity index (χ0v) is 56.7. The van der Waals surface area contributed by atoms with Gasteiger partial charge in [-0.05, 0) is 229 Å². The highest BCUT2D eigenvalue weighted by Gasteiger charge is 2.70. The van der Waals surface area contributed by atoms with Crippen LogP contribution in [-0.2, 0) is 24.8 Å². The molecule has 5 fully saturated rings. The Hall–Kier alpha value is -9.03. The SMILES string of the molecule is COC(=O)C1(Nc2ccc(C#N)cc2)CCC1.Cc1cccc(Br)c1.Cc1cccc(C2(O)N(c3ccc(Br)cc3)C(=O)N(c3ccc(C#N)cc3)C23CCC3)c1.N#Cc1ccc(N2C(=O)N(c3ccc(Br)cc3)C(=O)C23CCC3)cc1.O=C=Nc1ccc(Br)cc1. The van der Waals surface area contributed by atoms with E-state index in [2.05, 4.69) is 111 Å². The largest absolute Gasteiger partial charge is 0.467 e. The Labute approximate surface area is 567 Å². The van der Waals surface area contributed by atoms with Crippen LogP contribution >= 0.6 is 63.7 Å². The van der Waals surface area contributed by atoms with Gasteiger partial charge in [0.25, 0.3) is 5.91 Å². The summed E-state index contributed by atoms with van der Waals surface area (Å²) in [4.78, 5) is 71.3. The number of amides is 5. The summed E-state index contributed by atoms with van der Waals surface area (Å²) in [7, 11) is 1.41. The number of nitriles is 3. The molecule has 5 aliphatic rings. The molecular formula is C72H61Br4N9O7. The van der Waals surface area contributed by atoms with Crippen LogP contribution in [0.15, 0.2) is 217 Å².